The minimum atomic E-state index is -0.0219. The van der Waals surface area contributed by atoms with Crippen LogP contribution in [-0.4, -0.2) is 41.9 Å². The number of hydrogen-bond donors (Lipinski definition) is 0. The summed E-state index contributed by atoms with van der Waals surface area (Å²) in [5, 5.41) is 0.770. The molecule has 1 aliphatic heterocycles. The van der Waals surface area contributed by atoms with Gasteiger partial charge in [0.15, 0.2) is 0 Å². The Balaban J connectivity index is 1.19. The van der Waals surface area contributed by atoms with Crippen LogP contribution in [0.4, 0.5) is 0 Å². The molecule has 4 heteroatoms. The van der Waals surface area contributed by atoms with Crippen molar-refractivity contribution in [2.75, 3.05) is 26.2 Å². The van der Waals surface area contributed by atoms with Crippen LogP contribution in [0.25, 0.3) is 0 Å². The van der Waals surface area contributed by atoms with Gasteiger partial charge in [-0.15, -0.1) is 0 Å². The van der Waals surface area contributed by atoms with Gasteiger partial charge < -0.3 is 4.90 Å². The van der Waals surface area contributed by atoms with Gasteiger partial charge in [-0.05, 0) is 79.5 Å². The van der Waals surface area contributed by atoms with E-state index in [0.29, 0.717) is 5.91 Å². The molecule has 1 heterocycles. The minimum absolute atomic E-state index is 0.0219. The molecule has 2 aromatic rings. The van der Waals surface area contributed by atoms with Crippen LogP contribution in [0.2, 0.25) is 5.02 Å². The summed E-state index contributed by atoms with van der Waals surface area (Å²) in [6.07, 6.45) is 7.65. The van der Waals surface area contributed by atoms with Gasteiger partial charge in [-0.25, -0.2) is 0 Å². The third-order valence-corrected chi connectivity index (χ3v) is 9.01. The maximum atomic E-state index is 13.8. The molecule has 168 valence electrons. The molecule has 5 fully saturated rings. The number of piperazine rings is 1. The van der Waals surface area contributed by atoms with Crippen LogP contribution in [0.15, 0.2) is 54.6 Å². The summed E-state index contributed by atoms with van der Waals surface area (Å²) in [6.45, 7) is 3.52. The average Bonchev–Trinajstić information content (AvgIpc) is 2.80. The van der Waals surface area contributed by atoms with Crippen molar-refractivity contribution >= 4 is 17.5 Å². The van der Waals surface area contributed by atoms with Crippen LogP contribution in [-0.2, 0) is 4.79 Å². The predicted molar refractivity (Wildman–Crippen MR) is 128 cm³/mol. The van der Waals surface area contributed by atoms with E-state index in [-0.39, 0.29) is 11.5 Å². The van der Waals surface area contributed by atoms with Crippen molar-refractivity contribution in [3.63, 3.8) is 0 Å². The average molecular weight is 449 g/mol. The number of carbonyl (C=O) groups is 1. The largest absolute Gasteiger partial charge is 0.340 e. The van der Waals surface area contributed by atoms with Gasteiger partial charge in [0.1, 0.15) is 0 Å². The van der Waals surface area contributed by atoms with Crippen LogP contribution in [0, 0.1) is 23.2 Å². The Morgan fingerprint density at radius 2 is 1.31 bits per heavy atom. The second-order valence-corrected chi connectivity index (χ2v) is 11.3. The van der Waals surface area contributed by atoms with Gasteiger partial charge in [0.05, 0.1) is 11.5 Å². The third-order valence-electron chi connectivity index (χ3n) is 8.76. The van der Waals surface area contributed by atoms with Gasteiger partial charge in [-0.3, -0.25) is 9.69 Å². The first-order chi connectivity index (χ1) is 15.6. The second-order valence-electron chi connectivity index (χ2n) is 10.9. The van der Waals surface area contributed by atoms with Crippen molar-refractivity contribution in [2.24, 2.45) is 23.2 Å². The zero-order valence-corrected chi connectivity index (χ0v) is 19.5. The van der Waals surface area contributed by atoms with Crippen LogP contribution in [0.3, 0.4) is 0 Å². The highest BCUT2D eigenvalue weighted by Gasteiger charge is 2.55. The number of rotatable bonds is 4. The molecule has 4 saturated carbocycles. The zero-order chi connectivity index (χ0) is 21.7. The molecular formula is C28H33ClN2O. The lowest BCUT2D eigenvalue weighted by molar-refractivity contribution is -0.159. The quantitative estimate of drug-likeness (QED) is 0.591. The molecule has 0 N–H and O–H groups in total. The van der Waals surface area contributed by atoms with Crippen molar-refractivity contribution in [2.45, 2.75) is 44.6 Å². The highest BCUT2D eigenvalue weighted by molar-refractivity contribution is 6.30. The molecule has 0 spiro atoms. The van der Waals surface area contributed by atoms with E-state index in [1.54, 1.807) is 0 Å². The lowest BCUT2D eigenvalue weighted by atomic mass is 9.49. The molecule has 5 aliphatic rings. The summed E-state index contributed by atoms with van der Waals surface area (Å²) in [5.41, 5.74) is 2.54. The Bertz CT molecular complexity index is 929. The Labute approximate surface area is 196 Å². The van der Waals surface area contributed by atoms with Crippen molar-refractivity contribution in [3.05, 3.63) is 70.7 Å². The molecule has 0 aromatic heterocycles. The van der Waals surface area contributed by atoms with E-state index in [1.807, 2.05) is 12.1 Å². The standard InChI is InChI=1S/C28H33ClN2O/c29-25-8-6-24(7-9-25)26(23-4-2-1-3-5-23)30-10-12-31(13-11-30)27(32)28-17-20-14-21(18-28)16-22(15-20)19-28/h1-9,20-22,26H,10-19H2. The highest BCUT2D eigenvalue weighted by atomic mass is 35.5. The first kappa shape index (κ1) is 20.7. The molecule has 1 unspecified atom stereocenters. The lowest BCUT2D eigenvalue weighted by Crippen LogP contribution is -2.58. The Morgan fingerprint density at radius 3 is 1.88 bits per heavy atom. The maximum absolute atomic E-state index is 13.8. The predicted octanol–water partition coefficient (Wildman–Crippen LogP) is 5.79. The number of halogens is 1. The fourth-order valence-corrected chi connectivity index (χ4v) is 7.91. The maximum Gasteiger partial charge on any atom is 0.228 e. The molecule has 7 rings (SSSR count). The number of amides is 1. The summed E-state index contributed by atoms with van der Waals surface area (Å²) in [5.74, 6) is 2.94. The number of carbonyl (C=O) groups excluding carboxylic acids is 1. The lowest BCUT2D eigenvalue weighted by Gasteiger charge is -2.57. The molecule has 2 aromatic carbocycles. The van der Waals surface area contributed by atoms with Gasteiger partial charge in [-0.1, -0.05) is 54.1 Å². The summed E-state index contributed by atoms with van der Waals surface area (Å²) < 4.78 is 0. The molecule has 4 bridgehead atoms. The summed E-state index contributed by atoms with van der Waals surface area (Å²) in [6, 6.07) is 19.2. The topological polar surface area (TPSA) is 23.6 Å². The van der Waals surface area contributed by atoms with E-state index in [1.165, 1.54) is 30.4 Å². The fourth-order valence-electron chi connectivity index (χ4n) is 7.79. The van der Waals surface area contributed by atoms with Crippen molar-refractivity contribution < 1.29 is 4.79 Å². The normalized spacial score (nSPS) is 32.8. The van der Waals surface area contributed by atoms with Crippen LogP contribution < -0.4 is 0 Å². The van der Waals surface area contributed by atoms with Crippen LogP contribution >= 0.6 is 11.6 Å². The van der Waals surface area contributed by atoms with Crippen molar-refractivity contribution in [1.82, 2.24) is 9.80 Å². The van der Waals surface area contributed by atoms with E-state index >= 15 is 0 Å². The number of benzene rings is 2. The summed E-state index contributed by atoms with van der Waals surface area (Å²) >= 11 is 6.17. The Morgan fingerprint density at radius 1 is 0.781 bits per heavy atom. The Kier molecular flexibility index (Phi) is 5.30. The molecule has 3 nitrogen and oxygen atoms in total. The minimum Gasteiger partial charge on any atom is -0.340 e. The van der Waals surface area contributed by atoms with Gasteiger partial charge in [0.25, 0.3) is 0 Å². The van der Waals surface area contributed by atoms with Gasteiger partial charge in [0, 0.05) is 31.2 Å². The molecular weight excluding hydrogens is 416 g/mol. The van der Waals surface area contributed by atoms with E-state index in [4.69, 9.17) is 11.6 Å². The van der Waals surface area contributed by atoms with E-state index in [0.717, 1.165) is 68.2 Å². The van der Waals surface area contributed by atoms with E-state index < -0.39 is 0 Å². The zero-order valence-electron chi connectivity index (χ0n) is 18.8. The fraction of sp³-hybridized carbons (Fsp3) is 0.536. The second kappa shape index (κ2) is 8.18. The molecule has 0 radical (unpaired) electrons. The third kappa shape index (κ3) is 3.68. The molecule has 1 amide bonds. The van der Waals surface area contributed by atoms with Gasteiger partial charge in [-0.2, -0.15) is 0 Å². The van der Waals surface area contributed by atoms with E-state index in [9.17, 15) is 4.79 Å². The highest BCUT2D eigenvalue weighted by Crippen LogP contribution is 2.60. The monoisotopic (exact) mass is 448 g/mol. The first-order valence-corrected chi connectivity index (χ1v) is 12.8. The van der Waals surface area contributed by atoms with Gasteiger partial charge >= 0.3 is 0 Å². The smallest absolute Gasteiger partial charge is 0.228 e. The summed E-state index contributed by atoms with van der Waals surface area (Å²) in [4.78, 5) is 18.6. The Hall–Kier alpha value is -1.84. The molecule has 1 saturated heterocycles. The molecule has 4 aliphatic carbocycles. The van der Waals surface area contributed by atoms with Crippen molar-refractivity contribution in [3.8, 4) is 0 Å². The number of nitrogens with zero attached hydrogens (tertiary/aromatic N) is 2. The SMILES string of the molecule is O=C(N1CCN(C(c2ccccc2)c2ccc(Cl)cc2)CC1)C12CC3CC(CC(C3)C1)C2. The van der Waals surface area contributed by atoms with E-state index in [2.05, 4.69) is 52.3 Å². The molecule has 1 atom stereocenters. The van der Waals surface area contributed by atoms with Crippen molar-refractivity contribution in [1.29, 1.82) is 0 Å². The molecule has 32 heavy (non-hydrogen) atoms. The summed E-state index contributed by atoms with van der Waals surface area (Å²) in [7, 11) is 0. The first-order valence-electron chi connectivity index (χ1n) is 12.4. The van der Waals surface area contributed by atoms with Crippen LogP contribution in [0.1, 0.15) is 55.7 Å². The van der Waals surface area contributed by atoms with Gasteiger partial charge in [0.2, 0.25) is 5.91 Å². The number of hydrogen-bond acceptors (Lipinski definition) is 2. The van der Waals surface area contributed by atoms with Crippen LogP contribution in [0.5, 0.6) is 0 Å².